The number of hydrogen-bond acceptors (Lipinski definition) is 2. The van der Waals surface area contributed by atoms with Gasteiger partial charge in [-0.3, -0.25) is 0 Å². The zero-order chi connectivity index (χ0) is 17.4. The van der Waals surface area contributed by atoms with Gasteiger partial charge < -0.3 is 9.84 Å². The van der Waals surface area contributed by atoms with Crippen molar-refractivity contribution < 1.29 is 9.84 Å². The molecular weight excluding hydrogens is 296 g/mol. The third-order valence-electron chi connectivity index (χ3n) is 4.11. The molecule has 0 aromatic heterocycles. The smallest absolute Gasteiger partial charge is 0.123 e. The van der Waals surface area contributed by atoms with Crippen LogP contribution in [0, 0.1) is 13.8 Å². The fourth-order valence-electron chi connectivity index (χ4n) is 2.55. The average Bonchev–Trinajstić information content (AvgIpc) is 2.57. The number of hydrogen-bond donors (Lipinski definition) is 1. The number of aromatic hydroxyl groups is 1. The molecular formula is C22H28O2. The van der Waals surface area contributed by atoms with E-state index in [1.807, 2.05) is 25.1 Å². The molecule has 0 aliphatic heterocycles. The first-order chi connectivity index (χ1) is 11.6. The van der Waals surface area contributed by atoms with Crippen LogP contribution in [0.2, 0.25) is 0 Å². The van der Waals surface area contributed by atoms with E-state index in [1.165, 1.54) is 24.8 Å². The van der Waals surface area contributed by atoms with Gasteiger partial charge >= 0.3 is 0 Å². The molecule has 0 atom stereocenters. The molecule has 0 aliphatic rings. The standard InChI is InChI=1S/C22H28O2/c1-4-5-6-7-14-24-22-16-20(21(23)15-18(22)3)13-12-19-10-8-17(2)9-11-19/h8-13,15-16,23H,4-7,14H2,1-3H3/b13-12+. The molecule has 2 aromatic rings. The molecule has 0 bridgehead atoms. The summed E-state index contributed by atoms with van der Waals surface area (Å²) in [6.45, 7) is 6.97. The maximum Gasteiger partial charge on any atom is 0.123 e. The third kappa shape index (κ3) is 5.45. The van der Waals surface area contributed by atoms with Crippen molar-refractivity contribution in [3.8, 4) is 11.5 Å². The SMILES string of the molecule is CCCCCCOc1cc(/C=C/c2ccc(C)cc2)c(O)cc1C. The van der Waals surface area contributed by atoms with Crippen LogP contribution in [0.25, 0.3) is 12.2 Å². The minimum absolute atomic E-state index is 0.286. The molecule has 0 saturated carbocycles. The topological polar surface area (TPSA) is 29.5 Å². The van der Waals surface area contributed by atoms with E-state index in [2.05, 4.69) is 38.1 Å². The highest BCUT2D eigenvalue weighted by atomic mass is 16.5. The van der Waals surface area contributed by atoms with E-state index >= 15 is 0 Å². The van der Waals surface area contributed by atoms with E-state index < -0.39 is 0 Å². The van der Waals surface area contributed by atoms with E-state index in [9.17, 15) is 5.11 Å². The molecule has 2 heteroatoms. The largest absolute Gasteiger partial charge is 0.507 e. The van der Waals surface area contributed by atoms with Crippen LogP contribution in [-0.2, 0) is 0 Å². The third-order valence-corrected chi connectivity index (χ3v) is 4.11. The molecule has 0 heterocycles. The Morgan fingerprint density at radius 1 is 0.958 bits per heavy atom. The normalized spacial score (nSPS) is 11.1. The van der Waals surface area contributed by atoms with Crippen LogP contribution in [0.1, 0.15) is 54.9 Å². The molecule has 2 nitrogen and oxygen atoms in total. The molecule has 0 spiro atoms. The minimum Gasteiger partial charge on any atom is -0.507 e. The first-order valence-corrected chi connectivity index (χ1v) is 8.81. The van der Waals surface area contributed by atoms with Crippen molar-refractivity contribution in [1.29, 1.82) is 0 Å². The highest BCUT2D eigenvalue weighted by Gasteiger charge is 2.06. The van der Waals surface area contributed by atoms with Crippen LogP contribution in [0.15, 0.2) is 36.4 Å². The second-order valence-electron chi connectivity index (χ2n) is 6.33. The summed E-state index contributed by atoms with van der Waals surface area (Å²) in [7, 11) is 0. The molecule has 128 valence electrons. The number of phenolic OH excluding ortho intramolecular Hbond substituents is 1. The summed E-state index contributed by atoms with van der Waals surface area (Å²) in [6, 6.07) is 12.0. The average molecular weight is 324 g/mol. The van der Waals surface area contributed by atoms with Crippen molar-refractivity contribution in [3.63, 3.8) is 0 Å². The summed E-state index contributed by atoms with van der Waals surface area (Å²) in [5.74, 6) is 1.14. The van der Waals surface area contributed by atoms with Crippen molar-refractivity contribution in [2.45, 2.75) is 46.5 Å². The fourth-order valence-corrected chi connectivity index (χ4v) is 2.55. The molecule has 0 saturated heterocycles. The number of unbranched alkanes of at least 4 members (excludes halogenated alkanes) is 3. The monoisotopic (exact) mass is 324 g/mol. The second-order valence-corrected chi connectivity index (χ2v) is 6.33. The van der Waals surface area contributed by atoms with Gasteiger partial charge in [-0.2, -0.15) is 0 Å². The Bertz CT molecular complexity index is 669. The predicted octanol–water partition coefficient (Wildman–Crippen LogP) is 6.14. The van der Waals surface area contributed by atoms with Gasteiger partial charge in [-0.15, -0.1) is 0 Å². The maximum atomic E-state index is 10.2. The van der Waals surface area contributed by atoms with Gasteiger partial charge in [0.2, 0.25) is 0 Å². The van der Waals surface area contributed by atoms with Crippen molar-refractivity contribution in [2.24, 2.45) is 0 Å². The quantitative estimate of drug-likeness (QED) is 0.467. The molecule has 0 aliphatic carbocycles. The minimum atomic E-state index is 0.286. The van der Waals surface area contributed by atoms with E-state index in [0.29, 0.717) is 0 Å². The highest BCUT2D eigenvalue weighted by molar-refractivity contribution is 5.73. The van der Waals surface area contributed by atoms with E-state index in [-0.39, 0.29) is 5.75 Å². The molecule has 0 amide bonds. The first-order valence-electron chi connectivity index (χ1n) is 8.81. The number of aryl methyl sites for hydroxylation is 2. The Hall–Kier alpha value is -2.22. The summed E-state index contributed by atoms with van der Waals surface area (Å²) < 4.78 is 5.90. The summed E-state index contributed by atoms with van der Waals surface area (Å²) in [5, 5.41) is 10.2. The summed E-state index contributed by atoms with van der Waals surface area (Å²) in [5.41, 5.74) is 4.10. The Labute approximate surface area is 145 Å². The Morgan fingerprint density at radius 3 is 2.42 bits per heavy atom. The fraction of sp³-hybridized carbons (Fsp3) is 0.364. The van der Waals surface area contributed by atoms with Gasteiger partial charge in [-0.05, 0) is 43.5 Å². The Kier molecular flexibility index (Phi) is 6.92. The zero-order valence-corrected chi connectivity index (χ0v) is 15.0. The van der Waals surface area contributed by atoms with Gasteiger partial charge in [-0.25, -0.2) is 0 Å². The van der Waals surface area contributed by atoms with Crippen molar-refractivity contribution in [2.75, 3.05) is 6.61 Å². The van der Waals surface area contributed by atoms with Gasteiger partial charge in [0.1, 0.15) is 11.5 Å². The van der Waals surface area contributed by atoms with E-state index in [0.717, 1.165) is 35.5 Å². The van der Waals surface area contributed by atoms with E-state index in [1.54, 1.807) is 6.07 Å². The van der Waals surface area contributed by atoms with Crippen molar-refractivity contribution >= 4 is 12.2 Å². The zero-order valence-electron chi connectivity index (χ0n) is 15.0. The van der Waals surface area contributed by atoms with Crippen LogP contribution < -0.4 is 4.74 Å². The number of benzene rings is 2. The van der Waals surface area contributed by atoms with Gasteiger partial charge in [0, 0.05) is 5.56 Å². The van der Waals surface area contributed by atoms with Crippen LogP contribution >= 0.6 is 0 Å². The lowest BCUT2D eigenvalue weighted by molar-refractivity contribution is 0.302. The maximum absolute atomic E-state index is 10.2. The Balaban J connectivity index is 2.06. The molecule has 0 fully saturated rings. The van der Waals surface area contributed by atoms with Crippen LogP contribution in [0.4, 0.5) is 0 Å². The van der Waals surface area contributed by atoms with Gasteiger partial charge in [0.15, 0.2) is 0 Å². The van der Waals surface area contributed by atoms with Crippen molar-refractivity contribution in [1.82, 2.24) is 0 Å². The molecule has 2 aromatic carbocycles. The summed E-state index contributed by atoms with van der Waals surface area (Å²) in [6.07, 6.45) is 8.70. The van der Waals surface area contributed by atoms with Crippen LogP contribution in [0.5, 0.6) is 11.5 Å². The molecule has 24 heavy (non-hydrogen) atoms. The molecule has 0 radical (unpaired) electrons. The van der Waals surface area contributed by atoms with Gasteiger partial charge in [0.25, 0.3) is 0 Å². The lowest BCUT2D eigenvalue weighted by Gasteiger charge is -2.11. The first kappa shape index (κ1) is 18.1. The summed E-state index contributed by atoms with van der Waals surface area (Å²) >= 11 is 0. The van der Waals surface area contributed by atoms with Crippen LogP contribution in [0.3, 0.4) is 0 Å². The lowest BCUT2D eigenvalue weighted by atomic mass is 10.1. The van der Waals surface area contributed by atoms with Crippen LogP contribution in [-0.4, -0.2) is 11.7 Å². The highest BCUT2D eigenvalue weighted by Crippen LogP contribution is 2.29. The predicted molar refractivity (Wildman–Crippen MR) is 103 cm³/mol. The van der Waals surface area contributed by atoms with E-state index in [4.69, 9.17) is 4.74 Å². The van der Waals surface area contributed by atoms with Crippen molar-refractivity contribution in [3.05, 3.63) is 58.7 Å². The summed E-state index contributed by atoms with van der Waals surface area (Å²) in [4.78, 5) is 0. The van der Waals surface area contributed by atoms with Gasteiger partial charge in [0.05, 0.1) is 6.61 Å². The van der Waals surface area contributed by atoms with Gasteiger partial charge in [-0.1, -0.05) is 68.2 Å². The second kappa shape index (κ2) is 9.17. The number of phenols is 1. The number of rotatable bonds is 8. The Morgan fingerprint density at radius 2 is 1.71 bits per heavy atom. The lowest BCUT2D eigenvalue weighted by Crippen LogP contribution is -1.99. The number of ether oxygens (including phenoxy) is 1. The molecule has 0 unspecified atom stereocenters. The molecule has 2 rings (SSSR count). The molecule has 1 N–H and O–H groups in total.